The van der Waals surface area contributed by atoms with Crippen molar-refractivity contribution in [2.45, 2.75) is 37.7 Å². The van der Waals surface area contributed by atoms with E-state index in [1.165, 1.54) is 12.3 Å². The van der Waals surface area contributed by atoms with Crippen molar-refractivity contribution in [3.8, 4) is 0 Å². The monoisotopic (exact) mass is 502 g/mol. The smallest absolute Gasteiger partial charge is 0.317 e. The molecule has 3 heterocycles. The number of alkyl halides is 2. The first kappa shape index (κ1) is 24.2. The fourth-order valence-electron chi connectivity index (χ4n) is 4.72. The number of amides is 2. The Balaban J connectivity index is 1.33. The molecule has 0 radical (unpaired) electrons. The number of aliphatic hydroxyl groups is 1. The standard InChI is InChI=1S/C22H29ClF2N4O3S/c1-33(32)8-4-14(5-9-33)12-26-21(31)29-6-2-16(3-7-29)22(24,25)20(30)18-11-17(23)10-15-13-27-28-19(15)18/h10-11,13-14,16,20,30H,1-9,12H2,(H,26,31)(H,27,28). The van der Waals surface area contributed by atoms with Gasteiger partial charge in [0.05, 0.1) is 11.7 Å². The van der Waals surface area contributed by atoms with Crippen molar-refractivity contribution in [2.75, 3.05) is 31.1 Å². The van der Waals surface area contributed by atoms with Gasteiger partial charge in [0.1, 0.15) is 6.10 Å². The van der Waals surface area contributed by atoms with Crippen LogP contribution in [-0.4, -0.2) is 73.4 Å². The van der Waals surface area contributed by atoms with Gasteiger partial charge in [-0.1, -0.05) is 11.6 Å². The first-order valence-corrected chi connectivity index (χ1v) is 13.5. The number of rotatable bonds is 5. The minimum Gasteiger partial charge on any atom is -0.382 e. The number of benzene rings is 1. The summed E-state index contributed by atoms with van der Waals surface area (Å²) in [5.74, 6) is 0.701. The van der Waals surface area contributed by atoms with E-state index in [-0.39, 0.29) is 48.5 Å². The average Bonchev–Trinajstić information content (AvgIpc) is 3.25. The van der Waals surface area contributed by atoms with Crippen LogP contribution in [0.4, 0.5) is 13.6 Å². The van der Waals surface area contributed by atoms with Crippen LogP contribution in [0.1, 0.15) is 37.4 Å². The molecule has 1 atom stereocenters. The van der Waals surface area contributed by atoms with Crippen molar-refractivity contribution in [3.63, 3.8) is 0 Å². The molecule has 2 aromatic rings. The molecule has 0 spiro atoms. The summed E-state index contributed by atoms with van der Waals surface area (Å²) in [5, 5.41) is 20.8. The number of likely N-dealkylation sites (tertiary alicyclic amines) is 1. The van der Waals surface area contributed by atoms with Crippen LogP contribution in [0.25, 0.3) is 10.9 Å². The highest BCUT2D eigenvalue weighted by Gasteiger charge is 2.49. The fourth-order valence-corrected chi connectivity index (χ4v) is 6.68. The Morgan fingerprint density at radius 1 is 1.33 bits per heavy atom. The summed E-state index contributed by atoms with van der Waals surface area (Å²) in [6.07, 6.45) is 1.12. The first-order chi connectivity index (χ1) is 15.6. The fraction of sp³-hybridized carbons (Fsp3) is 0.591. The summed E-state index contributed by atoms with van der Waals surface area (Å²) in [5.41, 5.74) is 0.347. The number of aromatic nitrogens is 2. The van der Waals surface area contributed by atoms with Crippen LogP contribution in [0.3, 0.4) is 0 Å². The Morgan fingerprint density at radius 2 is 2.00 bits per heavy atom. The lowest BCUT2D eigenvalue weighted by Crippen LogP contribution is -2.49. The Labute approximate surface area is 196 Å². The zero-order valence-electron chi connectivity index (χ0n) is 18.2. The largest absolute Gasteiger partial charge is 0.382 e. The number of aromatic amines is 1. The van der Waals surface area contributed by atoms with Gasteiger partial charge in [0, 0.05) is 53.0 Å². The predicted octanol–water partition coefficient (Wildman–Crippen LogP) is 3.43. The second-order valence-electron chi connectivity index (χ2n) is 9.17. The quantitative estimate of drug-likeness (QED) is 0.545. The van der Waals surface area contributed by atoms with E-state index >= 15 is 8.78 Å². The Morgan fingerprint density at radius 3 is 2.67 bits per heavy atom. The van der Waals surface area contributed by atoms with Gasteiger partial charge in [-0.2, -0.15) is 5.10 Å². The van der Waals surface area contributed by atoms with Crippen molar-refractivity contribution in [2.24, 2.45) is 11.8 Å². The molecule has 33 heavy (non-hydrogen) atoms. The number of nitrogens with zero attached hydrogens (tertiary/aromatic N) is 2. The number of piperidine rings is 1. The molecule has 0 bridgehead atoms. The second kappa shape index (κ2) is 9.38. The molecule has 1 aromatic carbocycles. The van der Waals surface area contributed by atoms with E-state index in [1.54, 1.807) is 11.0 Å². The number of aliphatic hydroxyl groups excluding tert-OH is 1. The number of H-pyrrole nitrogens is 1. The third kappa shape index (κ3) is 5.27. The van der Waals surface area contributed by atoms with E-state index in [4.69, 9.17) is 11.6 Å². The van der Waals surface area contributed by atoms with Gasteiger partial charge in [0.25, 0.3) is 5.92 Å². The molecule has 2 aliphatic rings. The normalized spacial score (nSPS) is 25.8. The molecule has 2 amide bonds. The molecular weight excluding hydrogens is 474 g/mol. The van der Waals surface area contributed by atoms with Gasteiger partial charge >= 0.3 is 6.03 Å². The summed E-state index contributed by atoms with van der Waals surface area (Å²) >= 11 is 6.05. The number of carbonyl (C=O) groups excluding carboxylic acids is 1. The predicted molar refractivity (Wildman–Crippen MR) is 126 cm³/mol. The molecule has 11 heteroatoms. The van der Waals surface area contributed by atoms with E-state index in [2.05, 4.69) is 21.4 Å². The number of hydrogen-bond acceptors (Lipinski definition) is 4. The van der Waals surface area contributed by atoms with E-state index in [0.717, 1.165) is 12.8 Å². The highest BCUT2D eigenvalue weighted by molar-refractivity contribution is 8.00. The maximum absolute atomic E-state index is 15.3. The van der Waals surface area contributed by atoms with Crippen LogP contribution in [0.15, 0.2) is 18.3 Å². The van der Waals surface area contributed by atoms with Gasteiger partial charge in [0.2, 0.25) is 0 Å². The Hall–Kier alpha value is -1.91. The van der Waals surface area contributed by atoms with E-state index in [0.29, 0.717) is 29.0 Å². The van der Waals surface area contributed by atoms with Crippen molar-refractivity contribution in [1.29, 1.82) is 0 Å². The number of fused-ring (bicyclic) bond motifs is 1. The number of carbonyl (C=O) groups is 1. The summed E-state index contributed by atoms with van der Waals surface area (Å²) < 4.78 is 42.5. The summed E-state index contributed by atoms with van der Waals surface area (Å²) in [6, 6.07) is 2.66. The van der Waals surface area contributed by atoms with Crippen molar-refractivity contribution < 1.29 is 22.9 Å². The van der Waals surface area contributed by atoms with Crippen LogP contribution >= 0.6 is 11.6 Å². The zero-order valence-corrected chi connectivity index (χ0v) is 19.8. The molecule has 2 aliphatic heterocycles. The molecule has 7 nitrogen and oxygen atoms in total. The van der Waals surface area contributed by atoms with Crippen molar-refractivity contribution in [3.05, 3.63) is 28.9 Å². The molecule has 0 saturated carbocycles. The second-order valence-corrected chi connectivity index (χ2v) is 12.4. The van der Waals surface area contributed by atoms with E-state index < -0.39 is 27.5 Å². The van der Waals surface area contributed by atoms with Gasteiger partial charge in [-0.15, -0.1) is 0 Å². The Bertz CT molecular complexity index is 1100. The number of halogens is 3. The molecule has 1 aromatic heterocycles. The zero-order chi connectivity index (χ0) is 23.8. The highest BCUT2D eigenvalue weighted by atomic mass is 35.5. The van der Waals surface area contributed by atoms with Crippen LogP contribution in [-0.2, 0) is 9.52 Å². The minimum absolute atomic E-state index is 0.0128. The number of hydrogen-bond donors (Lipinski definition) is 3. The summed E-state index contributed by atoms with van der Waals surface area (Å²) in [4.78, 5) is 14.1. The van der Waals surface area contributed by atoms with E-state index in [1.807, 2.05) is 0 Å². The molecule has 182 valence electrons. The molecule has 2 fully saturated rings. The van der Waals surface area contributed by atoms with Gasteiger partial charge < -0.3 is 15.3 Å². The maximum atomic E-state index is 15.3. The Kier molecular flexibility index (Phi) is 6.89. The highest BCUT2D eigenvalue weighted by Crippen LogP contribution is 2.44. The lowest BCUT2D eigenvalue weighted by atomic mass is 9.85. The maximum Gasteiger partial charge on any atom is 0.317 e. The van der Waals surface area contributed by atoms with E-state index in [9.17, 15) is 14.1 Å². The average molecular weight is 503 g/mol. The third-order valence-electron chi connectivity index (χ3n) is 6.87. The van der Waals surface area contributed by atoms with Crippen LogP contribution in [0.2, 0.25) is 5.02 Å². The summed E-state index contributed by atoms with van der Waals surface area (Å²) in [7, 11) is -1.96. The molecule has 2 saturated heterocycles. The lowest BCUT2D eigenvalue weighted by Gasteiger charge is -2.38. The third-order valence-corrected chi connectivity index (χ3v) is 9.05. The van der Waals surface area contributed by atoms with Crippen LogP contribution in [0.5, 0.6) is 0 Å². The molecule has 0 aliphatic carbocycles. The first-order valence-electron chi connectivity index (χ1n) is 11.1. The molecule has 4 rings (SSSR count). The molecule has 1 unspecified atom stereocenters. The van der Waals surface area contributed by atoms with Gasteiger partial charge in [-0.05, 0) is 59.1 Å². The topological polar surface area (TPSA) is 98.3 Å². The van der Waals surface area contributed by atoms with Gasteiger partial charge in [-0.3, -0.25) is 9.31 Å². The number of urea groups is 1. The van der Waals surface area contributed by atoms with Crippen molar-refractivity contribution in [1.82, 2.24) is 20.4 Å². The van der Waals surface area contributed by atoms with Crippen molar-refractivity contribution >= 4 is 43.9 Å². The SMILES string of the molecule is C=S1(=O)CCC(CNC(=O)N2CCC(C(F)(F)C(O)c3cc(Cl)cc4cn[nH]c34)CC2)CC1. The molecule has 3 N–H and O–H groups in total. The van der Waals surface area contributed by atoms with Crippen LogP contribution < -0.4 is 5.32 Å². The van der Waals surface area contributed by atoms with Crippen LogP contribution in [0, 0.1) is 11.8 Å². The summed E-state index contributed by atoms with van der Waals surface area (Å²) in [6.45, 7) is 0.856. The lowest BCUT2D eigenvalue weighted by molar-refractivity contribution is -0.159. The molecular formula is C22H29ClF2N4O3S. The number of nitrogens with one attached hydrogen (secondary N) is 2. The van der Waals surface area contributed by atoms with Gasteiger partial charge in [0.15, 0.2) is 0 Å². The van der Waals surface area contributed by atoms with Gasteiger partial charge in [-0.25, -0.2) is 13.6 Å². The minimum atomic E-state index is -3.39.